The number of aryl methyl sites for hydroxylation is 2. The molecular weight excluding hydrogens is 252 g/mol. The van der Waals surface area contributed by atoms with E-state index in [1.54, 1.807) is 11.5 Å². The lowest BCUT2D eigenvalue weighted by molar-refractivity contribution is 0.442. The third kappa shape index (κ3) is 2.89. The molecule has 0 aliphatic carbocycles. The Labute approximate surface area is 108 Å². The smallest absolute Gasteiger partial charge is 0.263 e. The number of nitriles is 1. The van der Waals surface area contributed by atoms with E-state index >= 15 is 0 Å². The summed E-state index contributed by atoms with van der Waals surface area (Å²) in [6, 6.07) is 1.88. The number of nitrogens with zero attached hydrogens (tertiary/aromatic N) is 4. The molecule has 0 bridgehead atoms. The van der Waals surface area contributed by atoms with Crippen molar-refractivity contribution in [3.8, 4) is 6.07 Å². The molecule has 7 heteroatoms. The standard InChI is InChI=1S/C11H18N4O2S/c1-4-7-15(8-6-12)18(16,17)11-9-14(5-2)10(3)13-11/h9H,4-5,7-8H2,1-3H3. The van der Waals surface area contributed by atoms with Crippen LogP contribution in [-0.4, -0.2) is 35.4 Å². The van der Waals surface area contributed by atoms with E-state index in [2.05, 4.69) is 4.98 Å². The minimum atomic E-state index is -3.66. The number of rotatable bonds is 6. The van der Waals surface area contributed by atoms with Gasteiger partial charge in [-0.15, -0.1) is 0 Å². The van der Waals surface area contributed by atoms with Crippen LogP contribution in [0.5, 0.6) is 0 Å². The Hall–Kier alpha value is -1.39. The minimum absolute atomic E-state index is 0.0190. The molecule has 0 radical (unpaired) electrons. The summed E-state index contributed by atoms with van der Waals surface area (Å²) in [6.07, 6.45) is 2.18. The highest BCUT2D eigenvalue weighted by atomic mass is 32.2. The first-order valence-corrected chi connectivity index (χ1v) is 7.32. The number of imidazole rings is 1. The monoisotopic (exact) mass is 270 g/mol. The highest BCUT2D eigenvalue weighted by Gasteiger charge is 2.26. The first-order valence-electron chi connectivity index (χ1n) is 5.88. The summed E-state index contributed by atoms with van der Waals surface area (Å²) in [6.45, 7) is 6.40. The molecule has 0 aliphatic heterocycles. The predicted molar refractivity (Wildman–Crippen MR) is 67.3 cm³/mol. The quantitative estimate of drug-likeness (QED) is 0.726. The summed E-state index contributed by atoms with van der Waals surface area (Å²) >= 11 is 0. The summed E-state index contributed by atoms with van der Waals surface area (Å²) in [5.74, 6) is 0.657. The molecule has 0 saturated carbocycles. The molecule has 1 aromatic heterocycles. The molecule has 0 unspecified atom stereocenters. The molecule has 1 heterocycles. The van der Waals surface area contributed by atoms with E-state index in [0.29, 0.717) is 25.3 Å². The Balaban J connectivity index is 3.14. The van der Waals surface area contributed by atoms with E-state index in [0.717, 1.165) is 4.31 Å². The van der Waals surface area contributed by atoms with E-state index in [1.165, 1.54) is 6.20 Å². The van der Waals surface area contributed by atoms with Gasteiger partial charge < -0.3 is 4.57 Å². The summed E-state index contributed by atoms with van der Waals surface area (Å²) < 4.78 is 27.5. The van der Waals surface area contributed by atoms with Crippen LogP contribution >= 0.6 is 0 Å². The summed E-state index contributed by atoms with van der Waals surface area (Å²) in [5.41, 5.74) is 0. The van der Waals surface area contributed by atoms with Gasteiger partial charge in [0.25, 0.3) is 10.0 Å². The maximum atomic E-state index is 12.3. The Bertz CT molecular complexity index is 542. The Morgan fingerprint density at radius 2 is 2.17 bits per heavy atom. The molecule has 18 heavy (non-hydrogen) atoms. The zero-order chi connectivity index (χ0) is 13.8. The van der Waals surface area contributed by atoms with E-state index < -0.39 is 10.0 Å². The van der Waals surface area contributed by atoms with Crippen LogP contribution in [0.15, 0.2) is 11.2 Å². The third-order valence-corrected chi connectivity index (χ3v) is 4.34. The first kappa shape index (κ1) is 14.7. The molecule has 0 amide bonds. The molecule has 0 saturated heterocycles. The summed E-state index contributed by atoms with van der Waals surface area (Å²) in [7, 11) is -3.66. The summed E-state index contributed by atoms with van der Waals surface area (Å²) in [4.78, 5) is 4.06. The van der Waals surface area contributed by atoms with Crippen molar-refractivity contribution in [2.24, 2.45) is 0 Å². The van der Waals surface area contributed by atoms with Gasteiger partial charge in [0.15, 0.2) is 5.03 Å². The van der Waals surface area contributed by atoms with E-state index in [9.17, 15) is 8.42 Å². The van der Waals surface area contributed by atoms with E-state index in [1.807, 2.05) is 19.9 Å². The Morgan fingerprint density at radius 3 is 2.61 bits per heavy atom. The average Bonchev–Trinajstić information content (AvgIpc) is 2.71. The van der Waals surface area contributed by atoms with Crippen molar-refractivity contribution in [3.63, 3.8) is 0 Å². The topological polar surface area (TPSA) is 79.0 Å². The van der Waals surface area contributed by atoms with Crippen LogP contribution in [0.4, 0.5) is 0 Å². The maximum absolute atomic E-state index is 12.3. The molecule has 0 aromatic carbocycles. The van der Waals surface area contributed by atoms with Crippen molar-refractivity contribution in [1.82, 2.24) is 13.9 Å². The van der Waals surface area contributed by atoms with Gasteiger partial charge in [-0.25, -0.2) is 13.4 Å². The van der Waals surface area contributed by atoms with Crippen molar-refractivity contribution < 1.29 is 8.42 Å². The average molecular weight is 270 g/mol. The number of hydrogen-bond donors (Lipinski definition) is 0. The van der Waals surface area contributed by atoms with Crippen molar-refractivity contribution in [2.75, 3.05) is 13.1 Å². The van der Waals surface area contributed by atoms with Crippen LogP contribution in [0, 0.1) is 18.3 Å². The second-order valence-corrected chi connectivity index (χ2v) is 5.79. The Morgan fingerprint density at radius 1 is 1.50 bits per heavy atom. The van der Waals surface area contributed by atoms with Crippen molar-refractivity contribution >= 4 is 10.0 Å². The van der Waals surface area contributed by atoms with Gasteiger partial charge in [0.1, 0.15) is 12.4 Å². The van der Waals surface area contributed by atoms with Crippen molar-refractivity contribution in [1.29, 1.82) is 5.26 Å². The van der Waals surface area contributed by atoms with Crippen LogP contribution in [0.25, 0.3) is 0 Å². The zero-order valence-electron chi connectivity index (χ0n) is 10.9. The normalized spacial score (nSPS) is 11.7. The molecule has 6 nitrogen and oxygen atoms in total. The first-order chi connectivity index (χ1) is 8.47. The van der Waals surface area contributed by atoms with Crippen molar-refractivity contribution in [3.05, 3.63) is 12.0 Å². The SMILES string of the molecule is CCCN(CC#N)S(=O)(=O)c1cn(CC)c(C)n1. The number of aromatic nitrogens is 2. The molecule has 1 aromatic rings. The maximum Gasteiger partial charge on any atom is 0.263 e. The van der Waals surface area contributed by atoms with E-state index in [-0.39, 0.29) is 11.6 Å². The zero-order valence-corrected chi connectivity index (χ0v) is 11.7. The number of sulfonamides is 1. The fraction of sp³-hybridized carbons (Fsp3) is 0.636. The van der Waals surface area contributed by atoms with Gasteiger partial charge in [-0.05, 0) is 20.3 Å². The minimum Gasteiger partial charge on any atom is -0.334 e. The van der Waals surface area contributed by atoms with Crippen LogP contribution in [0.1, 0.15) is 26.1 Å². The van der Waals surface area contributed by atoms with Gasteiger partial charge in [-0.1, -0.05) is 6.92 Å². The van der Waals surface area contributed by atoms with Crippen LogP contribution in [-0.2, 0) is 16.6 Å². The van der Waals surface area contributed by atoms with Gasteiger partial charge in [0, 0.05) is 19.3 Å². The molecule has 0 spiro atoms. The molecule has 0 fully saturated rings. The Kier molecular flexibility index (Phi) is 4.87. The third-order valence-electron chi connectivity index (χ3n) is 2.62. The fourth-order valence-corrected chi connectivity index (χ4v) is 3.09. The van der Waals surface area contributed by atoms with E-state index in [4.69, 9.17) is 5.26 Å². The van der Waals surface area contributed by atoms with Gasteiger partial charge in [-0.2, -0.15) is 9.57 Å². The van der Waals surface area contributed by atoms with Crippen LogP contribution in [0.2, 0.25) is 0 Å². The fourth-order valence-electron chi connectivity index (χ4n) is 1.67. The van der Waals surface area contributed by atoms with Gasteiger partial charge in [0.05, 0.1) is 6.07 Å². The second-order valence-electron chi connectivity index (χ2n) is 3.91. The van der Waals surface area contributed by atoms with Crippen LogP contribution < -0.4 is 0 Å². The lowest BCUT2D eigenvalue weighted by Crippen LogP contribution is -2.32. The number of hydrogen-bond acceptors (Lipinski definition) is 4. The summed E-state index contributed by atoms with van der Waals surface area (Å²) in [5, 5.41) is 8.72. The predicted octanol–water partition coefficient (Wildman–Crippen LogP) is 1.14. The highest BCUT2D eigenvalue weighted by Crippen LogP contribution is 2.15. The molecule has 0 aliphatic rings. The molecule has 0 atom stereocenters. The second kappa shape index (κ2) is 5.98. The molecular formula is C11H18N4O2S. The molecule has 100 valence electrons. The highest BCUT2D eigenvalue weighted by molar-refractivity contribution is 7.89. The molecule has 1 rings (SSSR count). The van der Waals surface area contributed by atoms with Gasteiger partial charge in [0.2, 0.25) is 0 Å². The van der Waals surface area contributed by atoms with Gasteiger partial charge in [-0.3, -0.25) is 0 Å². The van der Waals surface area contributed by atoms with Gasteiger partial charge >= 0.3 is 0 Å². The molecule has 0 N–H and O–H groups in total. The lowest BCUT2D eigenvalue weighted by atomic mass is 10.5. The van der Waals surface area contributed by atoms with Crippen molar-refractivity contribution in [2.45, 2.75) is 38.8 Å². The largest absolute Gasteiger partial charge is 0.334 e. The lowest BCUT2D eigenvalue weighted by Gasteiger charge is -2.16. The van der Waals surface area contributed by atoms with Crippen LogP contribution in [0.3, 0.4) is 0 Å².